The van der Waals surface area contributed by atoms with Gasteiger partial charge in [-0.2, -0.15) is 10.1 Å². The van der Waals surface area contributed by atoms with Gasteiger partial charge in [0.25, 0.3) is 0 Å². The van der Waals surface area contributed by atoms with Crippen LogP contribution in [-0.2, 0) is 11.2 Å². The Bertz CT molecular complexity index is 871. The molecule has 100 valence electrons. The summed E-state index contributed by atoms with van der Waals surface area (Å²) in [5.74, 6) is 0. The molecule has 0 radical (unpaired) electrons. The van der Waals surface area contributed by atoms with Crippen molar-refractivity contribution in [3.05, 3.63) is 59.7 Å². The summed E-state index contributed by atoms with van der Waals surface area (Å²) in [6.45, 7) is 0. The predicted octanol–water partition coefficient (Wildman–Crippen LogP) is 3.62. The summed E-state index contributed by atoms with van der Waals surface area (Å²) in [5, 5.41) is 7.59. The van der Waals surface area contributed by atoms with Gasteiger partial charge in [-0.25, -0.2) is 4.79 Å². The molecule has 1 heterocycles. The van der Waals surface area contributed by atoms with Crippen LogP contribution in [0.5, 0.6) is 0 Å². The van der Waals surface area contributed by atoms with E-state index in [1.165, 1.54) is 16.7 Å². The van der Waals surface area contributed by atoms with Gasteiger partial charge in [0.15, 0.2) is 0 Å². The molecule has 0 saturated heterocycles. The Kier molecular flexibility index (Phi) is 2.56. The van der Waals surface area contributed by atoms with Crippen molar-refractivity contribution >= 4 is 11.8 Å². The molecule has 1 aromatic heterocycles. The highest BCUT2D eigenvalue weighted by atomic mass is 16.1. The summed E-state index contributed by atoms with van der Waals surface area (Å²) >= 11 is 0. The molecule has 0 bridgehead atoms. The van der Waals surface area contributed by atoms with Gasteiger partial charge in [0.1, 0.15) is 0 Å². The smallest absolute Gasteiger partial charge is 0.240 e. The van der Waals surface area contributed by atoms with Gasteiger partial charge >= 0.3 is 0 Å². The first-order chi connectivity index (χ1) is 10.4. The van der Waals surface area contributed by atoms with E-state index < -0.39 is 0 Å². The number of H-pyrrole nitrogens is 1. The van der Waals surface area contributed by atoms with Gasteiger partial charge in [-0.05, 0) is 17.7 Å². The average molecular weight is 273 g/mol. The molecule has 4 rings (SSSR count). The van der Waals surface area contributed by atoms with Crippen LogP contribution in [0.2, 0.25) is 0 Å². The number of benzene rings is 2. The van der Waals surface area contributed by atoms with Crippen molar-refractivity contribution in [2.45, 2.75) is 6.42 Å². The van der Waals surface area contributed by atoms with Crippen molar-refractivity contribution in [1.29, 1.82) is 0 Å². The van der Waals surface area contributed by atoms with Crippen molar-refractivity contribution in [3.8, 4) is 22.5 Å². The van der Waals surface area contributed by atoms with E-state index in [1.807, 2.05) is 18.2 Å². The Morgan fingerprint density at radius 2 is 1.90 bits per heavy atom. The molecule has 0 unspecified atom stereocenters. The number of nitrogens with zero attached hydrogens (tertiary/aromatic N) is 2. The third-order valence-corrected chi connectivity index (χ3v) is 3.84. The number of aromatic nitrogens is 2. The Morgan fingerprint density at radius 1 is 1.10 bits per heavy atom. The second-order valence-corrected chi connectivity index (χ2v) is 5.01. The SMILES string of the molecule is O=C=Nc1ccc(-c2n[nH]c3c2Cc2ccccc2-3)cc1. The maximum absolute atomic E-state index is 10.3. The Balaban J connectivity index is 1.79. The van der Waals surface area contributed by atoms with Crippen molar-refractivity contribution in [1.82, 2.24) is 10.2 Å². The first-order valence-electron chi connectivity index (χ1n) is 6.70. The van der Waals surface area contributed by atoms with Crippen LogP contribution in [0.4, 0.5) is 5.69 Å². The van der Waals surface area contributed by atoms with Gasteiger partial charge in [-0.1, -0.05) is 36.4 Å². The number of fused-ring (bicyclic) bond motifs is 3. The van der Waals surface area contributed by atoms with Gasteiger partial charge in [-0.3, -0.25) is 5.10 Å². The molecule has 0 amide bonds. The van der Waals surface area contributed by atoms with E-state index in [-0.39, 0.29) is 0 Å². The molecule has 2 aromatic carbocycles. The van der Waals surface area contributed by atoms with Crippen LogP contribution in [0.25, 0.3) is 22.5 Å². The van der Waals surface area contributed by atoms with Crippen LogP contribution >= 0.6 is 0 Å². The number of nitrogens with one attached hydrogen (secondary N) is 1. The van der Waals surface area contributed by atoms with Crippen molar-refractivity contribution in [2.75, 3.05) is 0 Å². The third-order valence-electron chi connectivity index (χ3n) is 3.84. The zero-order valence-corrected chi connectivity index (χ0v) is 11.1. The molecule has 21 heavy (non-hydrogen) atoms. The minimum Gasteiger partial charge on any atom is -0.277 e. The Hall–Kier alpha value is -2.97. The molecule has 0 spiro atoms. The van der Waals surface area contributed by atoms with Gasteiger partial charge in [0.2, 0.25) is 6.08 Å². The van der Waals surface area contributed by atoms with E-state index in [0.29, 0.717) is 5.69 Å². The lowest BCUT2D eigenvalue weighted by Crippen LogP contribution is -1.86. The monoisotopic (exact) mass is 273 g/mol. The number of aliphatic imine (C=N–C) groups is 1. The first-order valence-corrected chi connectivity index (χ1v) is 6.70. The van der Waals surface area contributed by atoms with Crippen molar-refractivity contribution < 1.29 is 4.79 Å². The molecule has 1 aliphatic rings. The van der Waals surface area contributed by atoms with Gasteiger partial charge in [0, 0.05) is 23.1 Å². The molecule has 0 fully saturated rings. The molecule has 0 atom stereocenters. The lowest BCUT2D eigenvalue weighted by atomic mass is 10.1. The topological polar surface area (TPSA) is 58.1 Å². The number of hydrogen-bond donors (Lipinski definition) is 1. The number of carbonyl (C=O) groups excluding carboxylic acids is 1. The number of hydrogen-bond acceptors (Lipinski definition) is 3. The normalized spacial score (nSPS) is 11.6. The van der Waals surface area contributed by atoms with E-state index in [4.69, 9.17) is 0 Å². The van der Waals surface area contributed by atoms with Crippen LogP contribution in [-0.4, -0.2) is 16.3 Å². The van der Waals surface area contributed by atoms with Crippen LogP contribution in [0.3, 0.4) is 0 Å². The largest absolute Gasteiger partial charge is 0.277 e. The second kappa shape index (κ2) is 4.54. The van der Waals surface area contributed by atoms with E-state index in [1.54, 1.807) is 18.2 Å². The van der Waals surface area contributed by atoms with Crippen LogP contribution in [0, 0.1) is 0 Å². The van der Waals surface area contributed by atoms with Crippen LogP contribution in [0.1, 0.15) is 11.1 Å². The molecule has 0 saturated carbocycles. The molecular weight excluding hydrogens is 262 g/mol. The Labute approximate surface area is 121 Å². The molecule has 1 N–H and O–H groups in total. The van der Waals surface area contributed by atoms with Crippen molar-refractivity contribution in [3.63, 3.8) is 0 Å². The maximum atomic E-state index is 10.3. The summed E-state index contributed by atoms with van der Waals surface area (Å²) < 4.78 is 0. The number of aromatic amines is 1. The minimum atomic E-state index is 0.601. The Morgan fingerprint density at radius 3 is 2.71 bits per heavy atom. The zero-order chi connectivity index (χ0) is 14.2. The average Bonchev–Trinajstić information content (AvgIpc) is 3.07. The fourth-order valence-electron chi connectivity index (χ4n) is 2.85. The quantitative estimate of drug-likeness (QED) is 0.448. The van der Waals surface area contributed by atoms with Gasteiger partial charge < -0.3 is 0 Å². The standard InChI is InChI=1S/C17H11N3O/c21-10-18-13-7-5-11(6-8-13)16-15-9-12-3-1-2-4-14(12)17(15)20-19-16/h1-8H,9H2,(H,19,20). The molecule has 4 heteroatoms. The number of rotatable bonds is 2. The van der Waals surface area contributed by atoms with Crippen molar-refractivity contribution in [2.24, 2.45) is 4.99 Å². The highest BCUT2D eigenvalue weighted by molar-refractivity contribution is 5.81. The first kappa shape index (κ1) is 11.8. The van der Waals surface area contributed by atoms with E-state index in [9.17, 15) is 4.79 Å². The number of isocyanates is 1. The molecule has 1 aliphatic carbocycles. The lowest BCUT2D eigenvalue weighted by Gasteiger charge is -2.00. The minimum absolute atomic E-state index is 0.601. The highest BCUT2D eigenvalue weighted by Gasteiger charge is 2.24. The predicted molar refractivity (Wildman–Crippen MR) is 80.0 cm³/mol. The zero-order valence-electron chi connectivity index (χ0n) is 11.1. The molecule has 4 nitrogen and oxygen atoms in total. The second-order valence-electron chi connectivity index (χ2n) is 5.01. The fraction of sp³-hybridized carbons (Fsp3) is 0.0588. The molecule has 0 aliphatic heterocycles. The highest BCUT2D eigenvalue weighted by Crippen LogP contribution is 2.39. The molecular formula is C17H11N3O. The van der Waals surface area contributed by atoms with E-state index in [2.05, 4.69) is 33.4 Å². The van der Waals surface area contributed by atoms with Gasteiger partial charge in [0.05, 0.1) is 17.1 Å². The maximum Gasteiger partial charge on any atom is 0.240 e. The van der Waals surface area contributed by atoms with E-state index >= 15 is 0 Å². The summed E-state index contributed by atoms with van der Waals surface area (Å²) in [7, 11) is 0. The van der Waals surface area contributed by atoms with E-state index in [0.717, 1.165) is 23.4 Å². The van der Waals surface area contributed by atoms with Crippen LogP contribution < -0.4 is 0 Å². The molecule has 3 aromatic rings. The summed E-state index contributed by atoms with van der Waals surface area (Å²) in [6.07, 6.45) is 2.44. The lowest BCUT2D eigenvalue weighted by molar-refractivity contribution is 0.565. The van der Waals surface area contributed by atoms with Gasteiger partial charge in [-0.15, -0.1) is 0 Å². The third kappa shape index (κ3) is 1.82. The fourth-order valence-corrected chi connectivity index (χ4v) is 2.85. The summed E-state index contributed by atoms with van der Waals surface area (Å²) in [5.41, 5.74) is 7.47. The van der Waals surface area contributed by atoms with Crippen LogP contribution in [0.15, 0.2) is 53.5 Å². The summed E-state index contributed by atoms with van der Waals surface area (Å²) in [6, 6.07) is 15.8. The summed E-state index contributed by atoms with van der Waals surface area (Å²) in [4.78, 5) is 13.9.